The lowest BCUT2D eigenvalue weighted by atomic mass is 10.1. The van der Waals surface area contributed by atoms with Gasteiger partial charge < -0.3 is 10.8 Å². The number of hydrogen-bond donors (Lipinski definition) is 2. The fourth-order valence-corrected chi connectivity index (χ4v) is 0.710. The summed E-state index contributed by atoms with van der Waals surface area (Å²) in [5.74, 6) is -1.58. The van der Waals surface area contributed by atoms with Crippen LogP contribution in [0.15, 0.2) is 0 Å². The smallest absolute Gasteiger partial charge is 0.359 e. The van der Waals surface area contributed by atoms with Gasteiger partial charge >= 0.3 is 11.9 Å². The molecule has 15 heavy (non-hydrogen) atoms. The van der Waals surface area contributed by atoms with Gasteiger partial charge in [0.1, 0.15) is 6.04 Å². The second-order valence-electron chi connectivity index (χ2n) is 3.49. The van der Waals surface area contributed by atoms with Crippen LogP contribution in [0.25, 0.3) is 0 Å². The first-order valence-electron chi connectivity index (χ1n) is 4.75. The molecule has 0 amide bonds. The molecular weight excluding hydrogens is 202 g/mol. The van der Waals surface area contributed by atoms with E-state index < -0.39 is 18.0 Å². The fraction of sp³-hybridized carbons (Fsp3) is 0.778. The van der Waals surface area contributed by atoms with Crippen LogP contribution in [-0.2, 0) is 19.4 Å². The topological polar surface area (TPSA) is 98.9 Å². The zero-order valence-electron chi connectivity index (χ0n) is 8.93. The van der Waals surface area contributed by atoms with Crippen molar-refractivity contribution in [2.45, 2.75) is 32.7 Å². The molecule has 0 radical (unpaired) electrons. The highest BCUT2D eigenvalue weighted by atomic mass is 17.2. The van der Waals surface area contributed by atoms with Crippen LogP contribution in [0.2, 0.25) is 0 Å². The Morgan fingerprint density at radius 3 is 2.47 bits per heavy atom. The van der Waals surface area contributed by atoms with E-state index in [4.69, 9.17) is 10.8 Å². The van der Waals surface area contributed by atoms with Crippen LogP contribution in [0.3, 0.4) is 0 Å². The number of carboxylic acids is 1. The molecule has 0 saturated carbocycles. The summed E-state index contributed by atoms with van der Waals surface area (Å²) in [6, 6.07) is -0.718. The predicted molar refractivity (Wildman–Crippen MR) is 51.7 cm³/mol. The highest BCUT2D eigenvalue weighted by molar-refractivity contribution is 5.75. The van der Waals surface area contributed by atoms with Crippen molar-refractivity contribution >= 4 is 11.9 Å². The Kier molecular flexibility index (Phi) is 6.64. The molecule has 0 aliphatic carbocycles. The number of aliphatic carboxylic acids is 1. The van der Waals surface area contributed by atoms with E-state index in [1.54, 1.807) is 13.8 Å². The molecule has 1 atom stereocenters. The van der Waals surface area contributed by atoms with Gasteiger partial charge in [0.15, 0.2) is 0 Å². The Morgan fingerprint density at radius 1 is 1.40 bits per heavy atom. The zero-order chi connectivity index (χ0) is 11.8. The molecule has 6 heteroatoms. The number of nitrogens with two attached hydrogens (primary N) is 1. The van der Waals surface area contributed by atoms with E-state index in [-0.39, 0.29) is 18.9 Å². The van der Waals surface area contributed by atoms with Gasteiger partial charge in [-0.2, -0.15) is 4.89 Å². The third-order valence-electron chi connectivity index (χ3n) is 1.75. The van der Waals surface area contributed by atoms with Gasteiger partial charge in [0.05, 0.1) is 6.61 Å². The fourth-order valence-electron chi connectivity index (χ4n) is 0.710. The second kappa shape index (κ2) is 7.19. The SMILES string of the molecule is CC(C)C(N)C(=O)OOCCCC(=O)O. The average Bonchev–Trinajstić information content (AvgIpc) is 2.15. The highest BCUT2D eigenvalue weighted by Gasteiger charge is 2.19. The number of carbonyl (C=O) groups excluding carboxylic acids is 1. The molecule has 0 aromatic heterocycles. The van der Waals surface area contributed by atoms with E-state index in [0.717, 1.165) is 0 Å². The van der Waals surface area contributed by atoms with Crippen LogP contribution in [0.1, 0.15) is 26.7 Å². The van der Waals surface area contributed by atoms with Crippen molar-refractivity contribution in [3.05, 3.63) is 0 Å². The molecule has 0 aromatic carbocycles. The lowest BCUT2D eigenvalue weighted by Crippen LogP contribution is -2.37. The maximum Gasteiger partial charge on any atom is 0.359 e. The minimum Gasteiger partial charge on any atom is -0.481 e. The molecule has 0 aromatic rings. The van der Waals surface area contributed by atoms with E-state index in [0.29, 0.717) is 6.42 Å². The molecule has 0 bridgehead atoms. The lowest BCUT2D eigenvalue weighted by molar-refractivity contribution is -0.274. The third kappa shape index (κ3) is 6.87. The van der Waals surface area contributed by atoms with Crippen molar-refractivity contribution in [1.82, 2.24) is 0 Å². The summed E-state index contributed by atoms with van der Waals surface area (Å²) in [4.78, 5) is 30.1. The number of hydrogen-bond acceptors (Lipinski definition) is 5. The summed E-state index contributed by atoms with van der Waals surface area (Å²) >= 11 is 0. The molecule has 0 saturated heterocycles. The summed E-state index contributed by atoms with van der Waals surface area (Å²) in [5, 5.41) is 8.30. The van der Waals surface area contributed by atoms with Gasteiger partial charge in [-0.05, 0) is 12.3 Å². The molecule has 0 rings (SSSR count). The largest absolute Gasteiger partial charge is 0.481 e. The molecule has 0 fully saturated rings. The molecule has 1 unspecified atom stereocenters. The highest BCUT2D eigenvalue weighted by Crippen LogP contribution is 2.01. The van der Waals surface area contributed by atoms with E-state index >= 15 is 0 Å². The average molecular weight is 219 g/mol. The molecule has 88 valence electrons. The second-order valence-corrected chi connectivity index (χ2v) is 3.49. The van der Waals surface area contributed by atoms with Gasteiger partial charge in [-0.1, -0.05) is 13.8 Å². The summed E-state index contributed by atoms with van der Waals surface area (Å²) in [6.07, 6.45) is 0.271. The van der Waals surface area contributed by atoms with Gasteiger partial charge in [0, 0.05) is 6.42 Å². The van der Waals surface area contributed by atoms with Gasteiger partial charge in [0.2, 0.25) is 0 Å². The van der Waals surface area contributed by atoms with E-state index in [2.05, 4.69) is 9.78 Å². The van der Waals surface area contributed by atoms with Gasteiger partial charge in [-0.3, -0.25) is 9.68 Å². The molecule has 0 spiro atoms. The summed E-state index contributed by atoms with van der Waals surface area (Å²) in [6.45, 7) is 3.63. The van der Waals surface area contributed by atoms with E-state index in [1.807, 2.05) is 0 Å². The Morgan fingerprint density at radius 2 is 2.00 bits per heavy atom. The Bertz CT molecular complexity index is 217. The Hall–Kier alpha value is -1.14. The van der Waals surface area contributed by atoms with Crippen LogP contribution in [0, 0.1) is 5.92 Å². The quantitative estimate of drug-likeness (QED) is 0.363. The van der Waals surface area contributed by atoms with Crippen LogP contribution < -0.4 is 5.73 Å². The van der Waals surface area contributed by atoms with Gasteiger partial charge in [0.25, 0.3) is 0 Å². The molecule has 3 N–H and O–H groups in total. The number of carboxylic acid groups (broad SMARTS) is 1. The number of rotatable bonds is 7. The monoisotopic (exact) mass is 219 g/mol. The minimum atomic E-state index is -0.913. The first-order valence-corrected chi connectivity index (χ1v) is 4.75. The minimum absolute atomic E-state index is 0.0201. The van der Waals surface area contributed by atoms with Crippen molar-refractivity contribution in [3.8, 4) is 0 Å². The first kappa shape index (κ1) is 13.9. The van der Waals surface area contributed by atoms with Crippen LogP contribution >= 0.6 is 0 Å². The van der Waals surface area contributed by atoms with Crippen LogP contribution in [-0.4, -0.2) is 29.7 Å². The third-order valence-corrected chi connectivity index (χ3v) is 1.75. The summed E-state index contributed by atoms with van der Waals surface area (Å²) in [5.41, 5.74) is 5.47. The van der Waals surface area contributed by atoms with Gasteiger partial charge in [-0.15, -0.1) is 0 Å². The van der Waals surface area contributed by atoms with Crippen LogP contribution in [0.5, 0.6) is 0 Å². The normalized spacial score (nSPS) is 12.5. The summed E-state index contributed by atoms with van der Waals surface area (Å²) < 4.78 is 0. The number of carbonyl (C=O) groups is 2. The van der Waals surface area contributed by atoms with Crippen molar-refractivity contribution in [3.63, 3.8) is 0 Å². The first-order chi connectivity index (χ1) is 6.95. The predicted octanol–water partition coefficient (Wildman–Crippen LogP) is 0.309. The van der Waals surface area contributed by atoms with E-state index in [1.165, 1.54) is 0 Å². The van der Waals surface area contributed by atoms with Crippen molar-refractivity contribution < 1.29 is 24.5 Å². The molecule has 0 aliphatic heterocycles. The lowest BCUT2D eigenvalue weighted by Gasteiger charge is -2.12. The van der Waals surface area contributed by atoms with Crippen molar-refractivity contribution in [2.24, 2.45) is 11.7 Å². The van der Waals surface area contributed by atoms with Crippen LogP contribution in [0.4, 0.5) is 0 Å². The molecule has 6 nitrogen and oxygen atoms in total. The maximum absolute atomic E-state index is 11.1. The standard InChI is InChI=1S/C9H17NO5/c1-6(2)8(10)9(13)15-14-5-3-4-7(11)12/h6,8H,3-5,10H2,1-2H3,(H,11,12). The Labute approximate surface area is 88.3 Å². The molecular formula is C9H17NO5. The summed E-state index contributed by atoms with van der Waals surface area (Å²) in [7, 11) is 0. The van der Waals surface area contributed by atoms with Gasteiger partial charge in [-0.25, -0.2) is 4.79 Å². The molecule has 0 aliphatic rings. The van der Waals surface area contributed by atoms with Crippen molar-refractivity contribution in [1.29, 1.82) is 0 Å². The maximum atomic E-state index is 11.1. The van der Waals surface area contributed by atoms with E-state index in [9.17, 15) is 9.59 Å². The zero-order valence-corrected chi connectivity index (χ0v) is 8.93. The van der Waals surface area contributed by atoms with Crippen molar-refractivity contribution in [2.75, 3.05) is 6.61 Å². The Balaban J connectivity index is 3.51. The molecule has 0 heterocycles.